The fourth-order valence-corrected chi connectivity index (χ4v) is 5.59. The smallest absolute Gasteiger partial charge is 0.242 e. The number of rotatable bonds is 4. The van der Waals surface area contributed by atoms with Crippen LogP contribution < -0.4 is 21.7 Å². The topological polar surface area (TPSA) is 12.0 Å². The second-order valence-corrected chi connectivity index (χ2v) is 9.40. The number of aryl methyl sites for hydroxylation is 5. The van der Waals surface area contributed by atoms with Crippen LogP contribution in [-0.2, 0) is 0 Å². The molecule has 0 saturated carbocycles. The predicted molar refractivity (Wildman–Crippen MR) is 132 cm³/mol. The van der Waals surface area contributed by atoms with Crippen LogP contribution in [-0.4, -0.2) is 13.0 Å². The molecule has 0 radical (unpaired) electrons. The Kier molecular flexibility index (Phi) is 5.66. The highest BCUT2D eigenvalue weighted by Crippen LogP contribution is 2.25. The van der Waals surface area contributed by atoms with Crippen molar-refractivity contribution in [1.82, 2.24) is 5.32 Å². The van der Waals surface area contributed by atoms with Crippen molar-refractivity contribution in [2.45, 2.75) is 34.6 Å². The van der Waals surface area contributed by atoms with Crippen LogP contribution in [0.3, 0.4) is 0 Å². The van der Waals surface area contributed by atoms with E-state index in [0.29, 0.717) is 0 Å². The van der Waals surface area contributed by atoms with Gasteiger partial charge in [0.2, 0.25) is 6.71 Å². The van der Waals surface area contributed by atoms with E-state index >= 15 is 0 Å². The summed E-state index contributed by atoms with van der Waals surface area (Å²) in [7, 11) is 0.869. The molecule has 1 N–H and O–H groups in total. The summed E-state index contributed by atoms with van der Waals surface area (Å²) < 4.78 is 0. The highest BCUT2D eigenvalue weighted by molar-refractivity contribution is 7.42. The molecule has 0 amide bonds. The molecule has 146 valence electrons. The Labute approximate surface area is 177 Å². The van der Waals surface area contributed by atoms with E-state index in [-0.39, 0.29) is 6.71 Å². The summed E-state index contributed by atoms with van der Waals surface area (Å²) in [6, 6.07) is 20.7. The normalized spacial score (nSPS) is 14.0. The van der Waals surface area contributed by atoms with E-state index in [2.05, 4.69) is 100 Å². The fraction of sp³-hybridized carbons (Fsp3) is 0.231. The first kappa shape index (κ1) is 20.0. The predicted octanol–water partition coefficient (Wildman–Crippen LogP) is 4.28. The van der Waals surface area contributed by atoms with Crippen molar-refractivity contribution < 1.29 is 0 Å². The van der Waals surface area contributed by atoms with Crippen LogP contribution in [0.15, 0.2) is 60.4 Å². The van der Waals surface area contributed by atoms with Gasteiger partial charge in [-0.1, -0.05) is 107 Å². The fourth-order valence-electron chi connectivity index (χ4n) is 4.72. The Morgan fingerprint density at radius 1 is 0.793 bits per heavy atom. The van der Waals surface area contributed by atoms with E-state index in [1.807, 2.05) is 0 Å². The van der Waals surface area contributed by atoms with Crippen molar-refractivity contribution in [3.8, 4) is 0 Å². The zero-order chi connectivity index (χ0) is 20.5. The van der Waals surface area contributed by atoms with Gasteiger partial charge in [-0.25, -0.2) is 0 Å². The lowest BCUT2D eigenvalue weighted by molar-refractivity contribution is 1.10. The third-order valence-corrected chi connectivity index (χ3v) is 6.79. The van der Waals surface area contributed by atoms with E-state index in [0.717, 1.165) is 14.9 Å². The Morgan fingerprint density at radius 2 is 1.52 bits per heavy atom. The van der Waals surface area contributed by atoms with Crippen LogP contribution in [0, 0.1) is 34.6 Å². The molecule has 3 aromatic carbocycles. The molecule has 29 heavy (non-hydrogen) atoms. The van der Waals surface area contributed by atoms with Gasteiger partial charge >= 0.3 is 0 Å². The van der Waals surface area contributed by atoms with Crippen LogP contribution in [0.5, 0.6) is 0 Å². The van der Waals surface area contributed by atoms with E-state index in [1.165, 1.54) is 55.5 Å². The molecule has 0 bridgehead atoms. The highest BCUT2D eigenvalue weighted by Gasteiger charge is 2.27. The molecule has 0 spiro atoms. The van der Waals surface area contributed by atoms with E-state index in [9.17, 15) is 0 Å². The summed E-state index contributed by atoms with van der Waals surface area (Å²) in [6.45, 7) is 11.4. The molecule has 0 fully saturated rings. The maximum Gasteiger partial charge on any atom is 0.242 e. The summed E-state index contributed by atoms with van der Waals surface area (Å²) in [5.74, 6) is 2.34. The zero-order valence-corrected chi connectivity index (χ0v) is 19.1. The Morgan fingerprint density at radius 3 is 2.17 bits per heavy atom. The average Bonchev–Trinajstić information content (AvgIpc) is 3.20. The largest absolute Gasteiger partial charge is 0.381 e. The third-order valence-electron chi connectivity index (χ3n) is 5.92. The van der Waals surface area contributed by atoms with Gasteiger partial charge in [0.1, 0.15) is 0 Å². The van der Waals surface area contributed by atoms with Gasteiger partial charge in [-0.15, -0.1) is 0 Å². The number of benzene rings is 3. The number of nitrogens with one attached hydrogen (secondary N) is 1. The zero-order valence-electron chi connectivity index (χ0n) is 18.1. The van der Waals surface area contributed by atoms with Crippen LogP contribution in [0.2, 0.25) is 0 Å². The molecule has 3 heteroatoms. The van der Waals surface area contributed by atoms with Crippen molar-refractivity contribution in [2.24, 2.45) is 0 Å². The molecular weight excluding hydrogens is 368 g/mol. The molecular formula is C26H29BNP. The van der Waals surface area contributed by atoms with Gasteiger partial charge in [-0.2, -0.15) is 0 Å². The standard InChI is InChI=1S/C26H29BNP/c1-17-9-10-24(19(3)11-17)27(26-20(4)12-18(2)13-21(26)5)23-8-6-7-22(14-23)25-15-29-16-28-25/h6-15,28-29H,16H2,1-5H3. The first-order chi connectivity index (χ1) is 13.9. The molecule has 4 rings (SSSR count). The SMILES string of the molecule is Cc1ccc(B(c2cccc(C3=CPCN3)c2)c2c(C)cc(C)cc2C)c(C)c1. The Balaban J connectivity index is 1.94. The van der Waals surface area contributed by atoms with Crippen molar-refractivity contribution in [1.29, 1.82) is 0 Å². The van der Waals surface area contributed by atoms with Crippen molar-refractivity contribution >= 4 is 37.4 Å². The summed E-state index contributed by atoms with van der Waals surface area (Å²) in [5.41, 5.74) is 13.5. The van der Waals surface area contributed by atoms with E-state index in [1.54, 1.807) is 0 Å². The summed E-state index contributed by atoms with van der Waals surface area (Å²) in [5, 5.41) is 3.54. The van der Waals surface area contributed by atoms with Gasteiger partial charge < -0.3 is 5.32 Å². The lowest BCUT2D eigenvalue weighted by Gasteiger charge is -2.23. The van der Waals surface area contributed by atoms with Gasteiger partial charge in [0.05, 0.1) is 0 Å². The molecule has 0 aromatic heterocycles. The molecule has 0 saturated heterocycles. The van der Waals surface area contributed by atoms with Crippen LogP contribution in [0.4, 0.5) is 0 Å². The number of hydrogen-bond acceptors (Lipinski definition) is 1. The van der Waals surface area contributed by atoms with Gasteiger partial charge in [0, 0.05) is 12.0 Å². The van der Waals surface area contributed by atoms with Gasteiger partial charge in [0.25, 0.3) is 0 Å². The van der Waals surface area contributed by atoms with Crippen molar-refractivity contribution in [3.63, 3.8) is 0 Å². The first-order valence-electron chi connectivity index (χ1n) is 10.4. The molecule has 1 unspecified atom stereocenters. The van der Waals surface area contributed by atoms with Gasteiger partial charge in [0.15, 0.2) is 0 Å². The highest BCUT2D eigenvalue weighted by atomic mass is 31.1. The lowest BCUT2D eigenvalue weighted by Crippen LogP contribution is -2.55. The maximum absolute atomic E-state index is 3.54. The average molecular weight is 397 g/mol. The molecule has 1 aliphatic rings. The second kappa shape index (κ2) is 8.21. The molecule has 1 aliphatic heterocycles. The number of hydrogen-bond donors (Lipinski definition) is 1. The monoisotopic (exact) mass is 397 g/mol. The minimum absolute atomic E-state index is 0.237. The van der Waals surface area contributed by atoms with E-state index < -0.39 is 0 Å². The minimum Gasteiger partial charge on any atom is -0.381 e. The first-order valence-corrected chi connectivity index (χ1v) is 11.6. The lowest BCUT2D eigenvalue weighted by atomic mass is 9.34. The molecule has 0 aliphatic carbocycles. The maximum atomic E-state index is 3.54. The third kappa shape index (κ3) is 4.05. The molecule has 1 heterocycles. The molecule has 1 nitrogen and oxygen atoms in total. The quantitative estimate of drug-likeness (QED) is 0.512. The minimum atomic E-state index is 0.237. The van der Waals surface area contributed by atoms with Crippen molar-refractivity contribution in [3.05, 3.63) is 93.8 Å². The molecule has 3 aromatic rings. The van der Waals surface area contributed by atoms with Crippen LogP contribution >= 0.6 is 8.58 Å². The van der Waals surface area contributed by atoms with Crippen molar-refractivity contribution in [2.75, 3.05) is 6.29 Å². The summed E-state index contributed by atoms with van der Waals surface area (Å²) in [4.78, 5) is 0. The van der Waals surface area contributed by atoms with E-state index in [4.69, 9.17) is 0 Å². The molecule has 1 atom stereocenters. The Bertz CT molecular complexity index is 1080. The Hall–Kier alpha value is -2.31. The second-order valence-electron chi connectivity index (χ2n) is 8.35. The van der Waals surface area contributed by atoms with Crippen LogP contribution in [0.1, 0.15) is 33.4 Å². The van der Waals surface area contributed by atoms with Crippen LogP contribution in [0.25, 0.3) is 5.70 Å². The van der Waals surface area contributed by atoms with Gasteiger partial charge in [-0.05, 0) is 46.0 Å². The summed E-state index contributed by atoms with van der Waals surface area (Å²) >= 11 is 0. The van der Waals surface area contributed by atoms with Gasteiger partial charge in [-0.3, -0.25) is 0 Å². The summed E-state index contributed by atoms with van der Waals surface area (Å²) in [6.07, 6.45) is 1.07.